The first-order chi connectivity index (χ1) is 14.0. The molecule has 0 bridgehead atoms. The van der Waals surface area contributed by atoms with Crippen LogP contribution in [0.25, 0.3) is 10.9 Å². The maximum atomic E-state index is 12.6. The van der Waals surface area contributed by atoms with Crippen molar-refractivity contribution in [2.24, 2.45) is 0 Å². The predicted octanol–water partition coefficient (Wildman–Crippen LogP) is 2.71. The topological polar surface area (TPSA) is 97.4 Å². The van der Waals surface area contributed by atoms with Crippen molar-refractivity contribution in [1.82, 2.24) is 10.3 Å². The van der Waals surface area contributed by atoms with E-state index in [9.17, 15) is 14.4 Å². The normalized spacial score (nSPS) is 11.5. The number of anilines is 1. The average Bonchev–Trinajstić information content (AvgIpc) is 2.72. The Morgan fingerprint density at radius 1 is 1.00 bits per heavy atom. The standard InChI is InChI=1S/C22H21N3O4/c1-14(26)23-17-10-8-16(9-11-17)21(27)25-20(22(28)29-2)13-18-12-7-15-5-3-4-6-19(15)24-18/h3-12,20H,13H2,1-2H3,(H,23,26)(H,25,27)/t20-/m0/s1. The van der Waals surface area contributed by atoms with E-state index in [1.807, 2.05) is 36.4 Å². The Morgan fingerprint density at radius 3 is 2.41 bits per heavy atom. The van der Waals surface area contributed by atoms with Crippen molar-refractivity contribution in [3.05, 3.63) is 71.9 Å². The molecular weight excluding hydrogens is 370 g/mol. The molecule has 0 aliphatic carbocycles. The Morgan fingerprint density at radius 2 is 1.72 bits per heavy atom. The minimum atomic E-state index is -0.879. The lowest BCUT2D eigenvalue weighted by molar-refractivity contribution is -0.142. The van der Waals surface area contributed by atoms with E-state index in [-0.39, 0.29) is 12.3 Å². The van der Waals surface area contributed by atoms with Crippen LogP contribution in [0, 0.1) is 0 Å². The number of hydrogen-bond acceptors (Lipinski definition) is 5. The number of carbonyl (C=O) groups excluding carboxylic acids is 3. The molecule has 7 heteroatoms. The zero-order valence-corrected chi connectivity index (χ0v) is 16.1. The molecule has 1 heterocycles. The van der Waals surface area contributed by atoms with Crippen LogP contribution >= 0.6 is 0 Å². The SMILES string of the molecule is COC(=O)[C@H](Cc1ccc2ccccc2n1)NC(=O)c1ccc(NC(C)=O)cc1. The molecule has 29 heavy (non-hydrogen) atoms. The van der Waals surface area contributed by atoms with E-state index in [2.05, 4.69) is 15.6 Å². The summed E-state index contributed by atoms with van der Waals surface area (Å²) in [5.74, 6) is -1.17. The number of nitrogens with one attached hydrogen (secondary N) is 2. The van der Waals surface area contributed by atoms with Crippen LogP contribution in [0.2, 0.25) is 0 Å². The summed E-state index contributed by atoms with van der Waals surface area (Å²) in [4.78, 5) is 40.4. The fraction of sp³-hybridized carbons (Fsp3) is 0.182. The Labute approximate surface area is 168 Å². The van der Waals surface area contributed by atoms with Gasteiger partial charge in [0.05, 0.1) is 12.6 Å². The van der Waals surface area contributed by atoms with Gasteiger partial charge >= 0.3 is 5.97 Å². The van der Waals surface area contributed by atoms with Crippen molar-refractivity contribution in [2.45, 2.75) is 19.4 Å². The molecule has 0 saturated heterocycles. The van der Waals surface area contributed by atoms with Crippen LogP contribution in [0.15, 0.2) is 60.7 Å². The van der Waals surface area contributed by atoms with Crippen LogP contribution in [0.3, 0.4) is 0 Å². The number of fused-ring (bicyclic) bond motifs is 1. The monoisotopic (exact) mass is 391 g/mol. The summed E-state index contributed by atoms with van der Waals surface area (Å²) in [6, 6.07) is 16.9. The van der Waals surface area contributed by atoms with Crippen molar-refractivity contribution < 1.29 is 19.1 Å². The number of ether oxygens (including phenoxy) is 1. The van der Waals surface area contributed by atoms with Gasteiger partial charge in [0.1, 0.15) is 6.04 Å². The summed E-state index contributed by atoms with van der Waals surface area (Å²) in [5, 5.41) is 6.33. The van der Waals surface area contributed by atoms with Crippen LogP contribution in [-0.4, -0.2) is 35.9 Å². The molecule has 0 fully saturated rings. The van der Waals surface area contributed by atoms with E-state index in [1.54, 1.807) is 24.3 Å². The average molecular weight is 391 g/mol. The molecule has 2 amide bonds. The van der Waals surface area contributed by atoms with Gasteiger partial charge in [-0.2, -0.15) is 0 Å². The van der Waals surface area contributed by atoms with Crippen molar-refractivity contribution in [2.75, 3.05) is 12.4 Å². The summed E-state index contributed by atoms with van der Waals surface area (Å²) in [5.41, 5.74) is 2.42. The van der Waals surface area contributed by atoms with Gasteiger partial charge in [0.25, 0.3) is 5.91 Å². The smallest absolute Gasteiger partial charge is 0.328 e. The van der Waals surface area contributed by atoms with E-state index >= 15 is 0 Å². The number of pyridine rings is 1. The van der Waals surface area contributed by atoms with Gasteiger partial charge in [-0.15, -0.1) is 0 Å². The number of aromatic nitrogens is 1. The van der Waals surface area contributed by atoms with E-state index in [4.69, 9.17) is 4.74 Å². The highest BCUT2D eigenvalue weighted by Crippen LogP contribution is 2.14. The molecule has 0 radical (unpaired) electrons. The number of nitrogens with zero attached hydrogens (tertiary/aromatic N) is 1. The van der Waals surface area contributed by atoms with Crippen LogP contribution in [0.4, 0.5) is 5.69 Å². The summed E-state index contributed by atoms with van der Waals surface area (Å²) in [7, 11) is 1.28. The molecule has 148 valence electrons. The number of amides is 2. The third-order valence-electron chi connectivity index (χ3n) is 4.33. The van der Waals surface area contributed by atoms with Crippen LogP contribution in [-0.2, 0) is 20.7 Å². The third kappa shape index (κ3) is 5.16. The Balaban J connectivity index is 1.75. The molecule has 3 rings (SSSR count). The number of esters is 1. The second-order valence-electron chi connectivity index (χ2n) is 6.51. The fourth-order valence-electron chi connectivity index (χ4n) is 2.92. The Hall–Kier alpha value is -3.74. The predicted molar refractivity (Wildman–Crippen MR) is 109 cm³/mol. The highest BCUT2D eigenvalue weighted by molar-refractivity contribution is 5.97. The maximum Gasteiger partial charge on any atom is 0.328 e. The van der Waals surface area contributed by atoms with Crippen molar-refractivity contribution in [1.29, 1.82) is 0 Å². The van der Waals surface area contributed by atoms with Crippen molar-refractivity contribution in [3.8, 4) is 0 Å². The fourth-order valence-corrected chi connectivity index (χ4v) is 2.92. The Bertz CT molecular complexity index is 1050. The highest BCUT2D eigenvalue weighted by atomic mass is 16.5. The van der Waals surface area contributed by atoms with Gasteiger partial charge < -0.3 is 15.4 Å². The summed E-state index contributed by atoms with van der Waals surface area (Å²) >= 11 is 0. The number of hydrogen-bond donors (Lipinski definition) is 2. The van der Waals surface area contributed by atoms with Gasteiger partial charge in [0.2, 0.25) is 5.91 Å². The number of benzene rings is 2. The first-order valence-electron chi connectivity index (χ1n) is 9.07. The molecule has 0 aliphatic heterocycles. The lowest BCUT2D eigenvalue weighted by Crippen LogP contribution is -2.43. The van der Waals surface area contributed by atoms with Crippen molar-refractivity contribution >= 4 is 34.4 Å². The Kier molecular flexibility index (Phi) is 6.19. The minimum Gasteiger partial charge on any atom is -0.467 e. The number of para-hydroxylation sites is 1. The molecule has 0 unspecified atom stereocenters. The molecule has 3 aromatic rings. The van der Waals surface area contributed by atoms with Crippen LogP contribution in [0.5, 0.6) is 0 Å². The number of rotatable bonds is 6. The minimum absolute atomic E-state index is 0.198. The quantitative estimate of drug-likeness (QED) is 0.630. The van der Waals surface area contributed by atoms with E-state index < -0.39 is 17.9 Å². The van der Waals surface area contributed by atoms with Gasteiger partial charge in [-0.1, -0.05) is 24.3 Å². The van der Waals surface area contributed by atoms with E-state index in [0.717, 1.165) is 10.9 Å². The van der Waals surface area contributed by atoms with Crippen molar-refractivity contribution in [3.63, 3.8) is 0 Å². The second kappa shape index (κ2) is 8.97. The van der Waals surface area contributed by atoms with Gasteiger partial charge in [0.15, 0.2) is 0 Å². The number of methoxy groups -OCH3 is 1. The molecule has 0 spiro atoms. The molecule has 7 nitrogen and oxygen atoms in total. The first-order valence-corrected chi connectivity index (χ1v) is 9.07. The molecule has 0 saturated carbocycles. The lowest BCUT2D eigenvalue weighted by atomic mass is 10.1. The lowest BCUT2D eigenvalue weighted by Gasteiger charge is -2.16. The van der Waals surface area contributed by atoms with E-state index in [0.29, 0.717) is 16.9 Å². The molecule has 2 aromatic carbocycles. The first kappa shape index (κ1) is 20.0. The zero-order chi connectivity index (χ0) is 20.8. The van der Waals surface area contributed by atoms with Crippen LogP contribution < -0.4 is 10.6 Å². The highest BCUT2D eigenvalue weighted by Gasteiger charge is 2.23. The second-order valence-corrected chi connectivity index (χ2v) is 6.51. The summed E-state index contributed by atoms with van der Waals surface area (Å²) < 4.78 is 4.84. The zero-order valence-electron chi connectivity index (χ0n) is 16.1. The maximum absolute atomic E-state index is 12.6. The van der Waals surface area contributed by atoms with Gasteiger partial charge in [-0.25, -0.2) is 4.79 Å². The molecule has 1 aromatic heterocycles. The molecule has 2 N–H and O–H groups in total. The van der Waals surface area contributed by atoms with E-state index in [1.165, 1.54) is 14.0 Å². The van der Waals surface area contributed by atoms with Gasteiger partial charge in [0, 0.05) is 35.7 Å². The summed E-state index contributed by atoms with van der Waals surface area (Å²) in [6.07, 6.45) is 0.202. The summed E-state index contributed by atoms with van der Waals surface area (Å²) in [6.45, 7) is 1.41. The van der Waals surface area contributed by atoms with Crippen LogP contribution in [0.1, 0.15) is 23.0 Å². The molecular formula is C22H21N3O4. The van der Waals surface area contributed by atoms with Gasteiger partial charge in [-0.3, -0.25) is 14.6 Å². The van der Waals surface area contributed by atoms with Gasteiger partial charge in [-0.05, 0) is 36.4 Å². The largest absolute Gasteiger partial charge is 0.467 e. The third-order valence-corrected chi connectivity index (χ3v) is 4.33. The molecule has 0 aliphatic rings. The molecule has 1 atom stereocenters. The number of carbonyl (C=O) groups is 3.